The smallest absolute Gasteiger partial charge is 0.192 e. The van der Waals surface area contributed by atoms with Crippen molar-refractivity contribution in [3.63, 3.8) is 0 Å². The summed E-state index contributed by atoms with van der Waals surface area (Å²) in [5, 5.41) is 11.2. The Hall–Kier alpha value is -2.55. The number of ether oxygens (including phenoxy) is 1. The minimum Gasteiger partial charge on any atom is -0.493 e. The summed E-state index contributed by atoms with van der Waals surface area (Å²) in [5.41, 5.74) is 3.35. The Bertz CT molecular complexity index is 942. The topological polar surface area (TPSA) is 63.5 Å². The molecule has 7 heteroatoms. The number of nitrogens with zero attached hydrogens (tertiary/aromatic N) is 3. The van der Waals surface area contributed by atoms with Crippen LogP contribution in [-0.2, 0) is 6.54 Å². The zero-order valence-corrected chi connectivity index (χ0v) is 18.7. The number of benzene rings is 2. The molecule has 4 rings (SSSR count). The van der Waals surface area contributed by atoms with Crippen LogP contribution < -0.4 is 15.4 Å². The van der Waals surface area contributed by atoms with E-state index in [2.05, 4.69) is 40.9 Å². The zero-order valence-electron chi connectivity index (χ0n) is 16.4. The van der Waals surface area contributed by atoms with Crippen LogP contribution in [0.1, 0.15) is 30.5 Å². The van der Waals surface area contributed by atoms with Gasteiger partial charge in [-0.1, -0.05) is 30.3 Å². The molecule has 2 heterocycles. The number of aromatic nitrogens is 2. The Morgan fingerprint density at radius 1 is 1.21 bits per heavy atom. The van der Waals surface area contributed by atoms with Gasteiger partial charge in [-0.15, -0.1) is 24.0 Å². The molecule has 0 spiro atoms. The molecule has 1 aliphatic heterocycles. The number of aliphatic imine (C=N–C) groups is 1. The zero-order chi connectivity index (χ0) is 19.2. The lowest BCUT2D eigenvalue weighted by Gasteiger charge is -2.28. The van der Waals surface area contributed by atoms with E-state index < -0.39 is 0 Å². The predicted molar refractivity (Wildman–Crippen MR) is 126 cm³/mol. The van der Waals surface area contributed by atoms with Crippen LogP contribution in [0, 0.1) is 0 Å². The maximum absolute atomic E-state index is 5.76. The molecule has 0 radical (unpaired) electrons. The van der Waals surface area contributed by atoms with Gasteiger partial charge in [0.05, 0.1) is 24.9 Å². The maximum atomic E-state index is 5.76. The fourth-order valence-corrected chi connectivity index (χ4v) is 3.37. The number of nitrogens with one attached hydrogen (secondary N) is 2. The van der Waals surface area contributed by atoms with Crippen LogP contribution in [-0.4, -0.2) is 28.9 Å². The van der Waals surface area contributed by atoms with Crippen LogP contribution in [0.3, 0.4) is 0 Å². The predicted octanol–water partition coefficient (Wildman–Crippen LogP) is 4.07. The molecule has 152 valence electrons. The summed E-state index contributed by atoms with van der Waals surface area (Å²) in [7, 11) is 0. The number of para-hydroxylation sites is 1. The fourth-order valence-electron chi connectivity index (χ4n) is 3.37. The van der Waals surface area contributed by atoms with Gasteiger partial charge in [0, 0.05) is 30.9 Å². The van der Waals surface area contributed by atoms with E-state index in [1.165, 1.54) is 5.56 Å². The molecular formula is C22H26IN5O. The van der Waals surface area contributed by atoms with Crippen molar-refractivity contribution in [2.24, 2.45) is 4.99 Å². The van der Waals surface area contributed by atoms with Gasteiger partial charge in [0.15, 0.2) is 5.96 Å². The Balaban J connectivity index is 0.00000240. The second-order valence-electron chi connectivity index (χ2n) is 6.69. The molecule has 2 aromatic carbocycles. The summed E-state index contributed by atoms with van der Waals surface area (Å²) in [6.07, 6.45) is 4.64. The molecule has 0 fully saturated rings. The van der Waals surface area contributed by atoms with E-state index in [-0.39, 0.29) is 30.0 Å². The van der Waals surface area contributed by atoms with Crippen molar-refractivity contribution in [2.75, 3.05) is 13.2 Å². The van der Waals surface area contributed by atoms with Crippen molar-refractivity contribution in [1.82, 2.24) is 20.4 Å². The van der Waals surface area contributed by atoms with Gasteiger partial charge in [-0.2, -0.15) is 5.10 Å². The quantitative estimate of drug-likeness (QED) is 0.313. The normalized spacial score (nSPS) is 15.6. The van der Waals surface area contributed by atoms with Gasteiger partial charge in [0.2, 0.25) is 0 Å². The first-order valence-corrected chi connectivity index (χ1v) is 9.69. The lowest BCUT2D eigenvalue weighted by molar-refractivity contribution is 0.261. The van der Waals surface area contributed by atoms with Crippen LogP contribution in [0.25, 0.3) is 5.69 Å². The number of hydrogen-bond donors (Lipinski definition) is 2. The highest BCUT2D eigenvalue weighted by Crippen LogP contribution is 2.31. The van der Waals surface area contributed by atoms with E-state index >= 15 is 0 Å². The van der Waals surface area contributed by atoms with Crippen LogP contribution in [0.15, 0.2) is 72.0 Å². The van der Waals surface area contributed by atoms with Crippen molar-refractivity contribution in [1.29, 1.82) is 0 Å². The standard InChI is InChI=1S/C22H25N5O.HI/c1-2-23-22(26-20-11-14-28-21-10-4-3-9-19(20)21)24-16-17-7-5-8-18(15-17)27-13-6-12-25-27;/h3-10,12-13,15,20H,2,11,14,16H2,1H3,(H2,23,24,26);1H. The lowest BCUT2D eigenvalue weighted by atomic mass is 10.0. The molecule has 6 nitrogen and oxygen atoms in total. The molecule has 2 N–H and O–H groups in total. The Labute approximate surface area is 188 Å². The summed E-state index contributed by atoms with van der Waals surface area (Å²) in [4.78, 5) is 4.80. The Morgan fingerprint density at radius 2 is 2.10 bits per heavy atom. The molecule has 29 heavy (non-hydrogen) atoms. The summed E-state index contributed by atoms with van der Waals surface area (Å²) in [6.45, 7) is 4.19. The molecule has 1 aliphatic rings. The van der Waals surface area contributed by atoms with Crippen LogP contribution in [0.2, 0.25) is 0 Å². The lowest BCUT2D eigenvalue weighted by Crippen LogP contribution is -2.41. The van der Waals surface area contributed by atoms with Crippen LogP contribution in [0.4, 0.5) is 0 Å². The number of guanidine groups is 1. The van der Waals surface area contributed by atoms with Crippen molar-refractivity contribution in [3.05, 3.63) is 78.1 Å². The van der Waals surface area contributed by atoms with E-state index in [1.54, 1.807) is 6.20 Å². The van der Waals surface area contributed by atoms with Crippen molar-refractivity contribution < 1.29 is 4.74 Å². The molecule has 1 aromatic heterocycles. The number of fused-ring (bicyclic) bond motifs is 1. The number of hydrogen-bond acceptors (Lipinski definition) is 3. The molecule has 0 saturated heterocycles. The molecular weight excluding hydrogens is 477 g/mol. The highest BCUT2D eigenvalue weighted by molar-refractivity contribution is 14.0. The third-order valence-electron chi connectivity index (χ3n) is 4.71. The van der Waals surface area contributed by atoms with Crippen molar-refractivity contribution in [3.8, 4) is 11.4 Å². The van der Waals surface area contributed by atoms with Gasteiger partial charge in [-0.25, -0.2) is 9.67 Å². The fraction of sp³-hybridized carbons (Fsp3) is 0.273. The van der Waals surface area contributed by atoms with E-state index in [4.69, 9.17) is 9.73 Å². The first kappa shape index (κ1) is 21.2. The molecule has 3 aromatic rings. The minimum atomic E-state index is 0. The van der Waals surface area contributed by atoms with E-state index in [1.807, 2.05) is 47.3 Å². The Kier molecular flexibility index (Phi) is 7.51. The van der Waals surface area contributed by atoms with Crippen LogP contribution in [0.5, 0.6) is 5.75 Å². The third-order valence-corrected chi connectivity index (χ3v) is 4.71. The molecule has 1 atom stereocenters. The van der Waals surface area contributed by atoms with Crippen molar-refractivity contribution >= 4 is 29.9 Å². The monoisotopic (exact) mass is 503 g/mol. The summed E-state index contributed by atoms with van der Waals surface area (Å²) < 4.78 is 7.62. The van der Waals surface area contributed by atoms with Gasteiger partial charge in [-0.3, -0.25) is 0 Å². The summed E-state index contributed by atoms with van der Waals surface area (Å²) in [6, 6.07) is 18.6. The van der Waals surface area contributed by atoms with Crippen molar-refractivity contribution in [2.45, 2.75) is 25.9 Å². The largest absolute Gasteiger partial charge is 0.493 e. The van der Waals surface area contributed by atoms with E-state index in [9.17, 15) is 0 Å². The molecule has 0 bridgehead atoms. The highest BCUT2D eigenvalue weighted by Gasteiger charge is 2.21. The van der Waals surface area contributed by atoms with Gasteiger partial charge in [-0.05, 0) is 36.8 Å². The third kappa shape index (κ3) is 5.29. The average Bonchev–Trinajstić information content (AvgIpc) is 3.28. The molecule has 0 amide bonds. The molecule has 0 saturated carbocycles. The number of halogens is 1. The first-order chi connectivity index (χ1) is 13.8. The van der Waals surface area contributed by atoms with Gasteiger partial charge in [0.25, 0.3) is 0 Å². The summed E-state index contributed by atoms with van der Waals surface area (Å²) >= 11 is 0. The second kappa shape index (κ2) is 10.3. The molecule has 0 aliphatic carbocycles. The SMILES string of the molecule is CCNC(=NCc1cccc(-n2cccn2)c1)NC1CCOc2ccccc21.I. The first-order valence-electron chi connectivity index (χ1n) is 9.69. The molecule has 1 unspecified atom stereocenters. The Morgan fingerprint density at radius 3 is 2.93 bits per heavy atom. The highest BCUT2D eigenvalue weighted by atomic mass is 127. The summed E-state index contributed by atoms with van der Waals surface area (Å²) in [5.74, 6) is 1.77. The van der Waals surface area contributed by atoms with Crippen LogP contribution >= 0.6 is 24.0 Å². The number of rotatable bonds is 5. The van der Waals surface area contributed by atoms with Gasteiger partial charge >= 0.3 is 0 Å². The van der Waals surface area contributed by atoms with Gasteiger partial charge in [0.1, 0.15) is 5.75 Å². The second-order valence-corrected chi connectivity index (χ2v) is 6.69. The van der Waals surface area contributed by atoms with Gasteiger partial charge < -0.3 is 15.4 Å². The van der Waals surface area contributed by atoms with E-state index in [0.717, 1.165) is 35.9 Å². The average molecular weight is 503 g/mol. The maximum Gasteiger partial charge on any atom is 0.192 e. The minimum absolute atomic E-state index is 0. The van der Waals surface area contributed by atoms with E-state index in [0.29, 0.717) is 13.2 Å².